The number of para-hydroxylation sites is 1. The van der Waals surface area contributed by atoms with E-state index in [-0.39, 0.29) is 12.2 Å². The van der Waals surface area contributed by atoms with Crippen molar-refractivity contribution in [3.8, 4) is 0 Å². The Balaban J connectivity index is 1.72. The minimum Gasteiger partial charge on any atom is -0.373 e. The molecular formula is C13H17N3O2S2. The van der Waals surface area contributed by atoms with E-state index in [1.54, 1.807) is 0 Å². The molecular weight excluding hydrogens is 294 g/mol. The zero-order valence-electron chi connectivity index (χ0n) is 11.4. The maximum Gasteiger partial charge on any atom is 0.198 e. The molecule has 1 aromatic heterocycles. The summed E-state index contributed by atoms with van der Waals surface area (Å²) in [6, 6.07) is 7.83. The molecule has 2 aromatic rings. The first-order chi connectivity index (χ1) is 9.61. The monoisotopic (exact) mass is 311 g/mol. The Morgan fingerprint density at radius 2 is 2.05 bits per heavy atom. The zero-order valence-corrected chi connectivity index (χ0v) is 13.0. The first kappa shape index (κ1) is 14.1. The summed E-state index contributed by atoms with van der Waals surface area (Å²) in [6.07, 6.45) is 0.275. The van der Waals surface area contributed by atoms with Gasteiger partial charge in [-0.2, -0.15) is 4.83 Å². The number of hydrogen-bond donors (Lipinski definition) is 1. The van der Waals surface area contributed by atoms with Gasteiger partial charge in [0.15, 0.2) is 15.3 Å². The number of nitrogens with one attached hydrogen (secondary N) is 1. The topological polar surface area (TPSA) is 54.5 Å². The highest BCUT2D eigenvalue weighted by molar-refractivity contribution is 7.85. The van der Waals surface area contributed by atoms with Crippen molar-refractivity contribution >= 4 is 32.5 Å². The van der Waals surface area contributed by atoms with Crippen LogP contribution < -0.4 is 4.83 Å². The van der Waals surface area contributed by atoms with E-state index in [1.165, 1.54) is 11.3 Å². The zero-order chi connectivity index (χ0) is 14.1. The van der Waals surface area contributed by atoms with Gasteiger partial charge in [0, 0.05) is 13.1 Å². The van der Waals surface area contributed by atoms with Gasteiger partial charge in [-0.25, -0.2) is 14.2 Å². The number of hydrogen-bond acceptors (Lipinski definition) is 5. The number of fused-ring (bicyclic) bond motifs is 1. The highest BCUT2D eigenvalue weighted by Gasteiger charge is 2.24. The summed E-state index contributed by atoms with van der Waals surface area (Å²) in [6.45, 7) is 5.48. The fourth-order valence-electron chi connectivity index (χ4n) is 2.34. The van der Waals surface area contributed by atoms with Crippen LogP contribution >= 0.6 is 11.3 Å². The van der Waals surface area contributed by atoms with Gasteiger partial charge in [-0.05, 0) is 26.0 Å². The molecule has 0 radical (unpaired) electrons. The lowest BCUT2D eigenvalue weighted by Gasteiger charge is -2.34. The van der Waals surface area contributed by atoms with Crippen molar-refractivity contribution in [3.05, 3.63) is 24.3 Å². The van der Waals surface area contributed by atoms with E-state index < -0.39 is 11.0 Å². The van der Waals surface area contributed by atoms with Crippen LogP contribution in [0.2, 0.25) is 0 Å². The number of ether oxygens (including phenoxy) is 1. The highest BCUT2D eigenvalue weighted by atomic mass is 32.2. The quantitative estimate of drug-likeness (QED) is 0.941. The third kappa shape index (κ3) is 3.07. The molecule has 3 atom stereocenters. The van der Waals surface area contributed by atoms with Crippen LogP contribution in [0.1, 0.15) is 13.8 Å². The van der Waals surface area contributed by atoms with Crippen LogP contribution in [0.15, 0.2) is 28.6 Å². The number of morpholine rings is 1. The molecule has 1 aromatic carbocycles. The number of thiazole rings is 1. The fourth-order valence-corrected chi connectivity index (χ4v) is 4.36. The van der Waals surface area contributed by atoms with Crippen molar-refractivity contribution < 1.29 is 8.95 Å². The van der Waals surface area contributed by atoms with Gasteiger partial charge < -0.3 is 4.74 Å². The van der Waals surface area contributed by atoms with Gasteiger partial charge in [-0.3, -0.25) is 0 Å². The molecule has 108 valence electrons. The second-order valence-electron chi connectivity index (χ2n) is 4.97. The summed E-state index contributed by atoms with van der Waals surface area (Å²) in [5, 5.41) is 1.96. The third-order valence-electron chi connectivity index (χ3n) is 3.06. The summed E-state index contributed by atoms with van der Waals surface area (Å²) in [7, 11) is -1.32. The summed E-state index contributed by atoms with van der Waals surface area (Å²) in [5.41, 5.74) is 0.895. The molecule has 3 rings (SSSR count). The molecule has 0 aliphatic carbocycles. The fraction of sp³-hybridized carbons (Fsp3) is 0.462. The van der Waals surface area contributed by atoms with Crippen molar-refractivity contribution in [2.75, 3.05) is 13.1 Å². The molecule has 7 heteroatoms. The molecule has 1 aliphatic heterocycles. The Bertz CT molecular complexity index is 588. The predicted molar refractivity (Wildman–Crippen MR) is 80.7 cm³/mol. The molecule has 0 bridgehead atoms. The van der Waals surface area contributed by atoms with Crippen molar-refractivity contribution in [2.24, 2.45) is 0 Å². The third-order valence-corrected chi connectivity index (χ3v) is 5.43. The Kier molecular flexibility index (Phi) is 4.13. The minimum absolute atomic E-state index is 0.138. The summed E-state index contributed by atoms with van der Waals surface area (Å²) >= 11 is 1.46. The van der Waals surface area contributed by atoms with Crippen LogP contribution in [-0.4, -0.2) is 39.5 Å². The number of nitrogens with zero attached hydrogens (tertiary/aromatic N) is 2. The lowest BCUT2D eigenvalue weighted by atomic mass is 10.3. The normalized spacial score (nSPS) is 25.9. The van der Waals surface area contributed by atoms with Crippen LogP contribution in [-0.2, 0) is 15.7 Å². The van der Waals surface area contributed by atoms with Crippen LogP contribution in [0.25, 0.3) is 10.2 Å². The lowest BCUT2D eigenvalue weighted by Crippen LogP contribution is -2.52. The molecule has 20 heavy (non-hydrogen) atoms. The molecule has 1 saturated heterocycles. The highest BCUT2D eigenvalue weighted by Crippen LogP contribution is 2.23. The molecule has 1 N–H and O–H groups in total. The van der Waals surface area contributed by atoms with E-state index >= 15 is 0 Å². The summed E-state index contributed by atoms with van der Waals surface area (Å²) in [5.74, 6) is 0. The molecule has 0 saturated carbocycles. The van der Waals surface area contributed by atoms with E-state index in [0.29, 0.717) is 4.34 Å². The van der Waals surface area contributed by atoms with Gasteiger partial charge in [0.25, 0.3) is 0 Å². The number of rotatable bonds is 3. The molecule has 0 spiro atoms. The standard InChI is InChI=1S/C13H17N3O2S2/c1-9-7-16(8-10(2)18-9)15-20(17)13-14-11-5-3-4-6-12(11)19-13/h3-6,9-10,15H,7-8H2,1-2H3. The lowest BCUT2D eigenvalue weighted by molar-refractivity contribution is -0.0745. The van der Waals surface area contributed by atoms with Gasteiger partial charge in [-0.15, -0.1) is 11.3 Å². The van der Waals surface area contributed by atoms with E-state index in [9.17, 15) is 4.21 Å². The maximum absolute atomic E-state index is 12.4. The second kappa shape index (κ2) is 5.87. The Morgan fingerprint density at radius 3 is 2.75 bits per heavy atom. The van der Waals surface area contributed by atoms with Crippen molar-refractivity contribution in [1.29, 1.82) is 0 Å². The number of aromatic nitrogens is 1. The molecule has 5 nitrogen and oxygen atoms in total. The minimum atomic E-state index is -1.32. The van der Waals surface area contributed by atoms with Gasteiger partial charge in [0.2, 0.25) is 0 Å². The van der Waals surface area contributed by atoms with E-state index in [2.05, 4.69) is 9.82 Å². The van der Waals surface area contributed by atoms with Crippen molar-refractivity contribution in [1.82, 2.24) is 14.8 Å². The number of hydrazine groups is 1. The summed E-state index contributed by atoms with van der Waals surface area (Å²) in [4.78, 5) is 7.44. The molecule has 3 unspecified atom stereocenters. The first-order valence-corrected chi connectivity index (χ1v) is 8.52. The Morgan fingerprint density at radius 1 is 1.35 bits per heavy atom. The van der Waals surface area contributed by atoms with Gasteiger partial charge >= 0.3 is 0 Å². The largest absolute Gasteiger partial charge is 0.373 e. The summed E-state index contributed by atoms with van der Waals surface area (Å²) < 4.78 is 19.7. The average molecular weight is 311 g/mol. The van der Waals surface area contributed by atoms with Gasteiger partial charge in [-0.1, -0.05) is 12.1 Å². The molecule has 1 aliphatic rings. The van der Waals surface area contributed by atoms with Gasteiger partial charge in [0.05, 0.1) is 22.4 Å². The second-order valence-corrected chi connectivity index (χ2v) is 7.37. The Hall–Kier alpha value is -0.860. The van der Waals surface area contributed by atoms with Crippen LogP contribution in [0.4, 0.5) is 0 Å². The van der Waals surface area contributed by atoms with Crippen LogP contribution in [0.3, 0.4) is 0 Å². The van der Waals surface area contributed by atoms with E-state index in [4.69, 9.17) is 4.74 Å². The van der Waals surface area contributed by atoms with Crippen LogP contribution in [0, 0.1) is 0 Å². The van der Waals surface area contributed by atoms with Crippen molar-refractivity contribution in [2.45, 2.75) is 30.4 Å². The van der Waals surface area contributed by atoms with Crippen molar-refractivity contribution in [3.63, 3.8) is 0 Å². The first-order valence-electron chi connectivity index (χ1n) is 6.56. The SMILES string of the molecule is CC1CN(NS(=O)c2nc3ccccc3s2)CC(C)O1. The predicted octanol–water partition coefficient (Wildman–Crippen LogP) is 1.93. The Labute approximate surface area is 124 Å². The molecule has 1 fully saturated rings. The average Bonchev–Trinajstić information content (AvgIpc) is 2.81. The maximum atomic E-state index is 12.4. The molecule has 0 amide bonds. The van der Waals surface area contributed by atoms with E-state index in [1.807, 2.05) is 43.1 Å². The number of benzene rings is 1. The van der Waals surface area contributed by atoms with Crippen LogP contribution in [0.5, 0.6) is 0 Å². The molecule has 2 heterocycles. The van der Waals surface area contributed by atoms with Gasteiger partial charge in [0.1, 0.15) is 0 Å². The smallest absolute Gasteiger partial charge is 0.198 e. The van der Waals surface area contributed by atoms with E-state index in [0.717, 1.165) is 23.3 Å².